The van der Waals surface area contributed by atoms with Gasteiger partial charge in [-0.15, -0.1) is 0 Å². The molecule has 0 N–H and O–H groups in total. The number of aryl methyl sites for hydroxylation is 2. The molecule has 3 aromatic rings. The molecular formula is C26H24O3. The van der Waals surface area contributed by atoms with Crippen LogP contribution in [0.15, 0.2) is 84.9 Å². The second-order valence-corrected chi connectivity index (χ2v) is 6.76. The lowest BCUT2D eigenvalue weighted by molar-refractivity contribution is -0.128. The van der Waals surface area contributed by atoms with Crippen LogP contribution in [0.1, 0.15) is 22.3 Å². The van der Waals surface area contributed by atoms with Crippen LogP contribution >= 0.6 is 0 Å². The van der Waals surface area contributed by atoms with Gasteiger partial charge in [0.1, 0.15) is 18.1 Å². The van der Waals surface area contributed by atoms with Crippen LogP contribution in [0.2, 0.25) is 0 Å². The Balaban J connectivity index is 1.46. The zero-order valence-electron chi connectivity index (χ0n) is 16.7. The predicted octanol–water partition coefficient (Wildman–Crippen LogP) is 6.01. The normalized spacial score (nSPS) is 11.1. The molecule has 0 aliphatic rings. The minimum Gasteiger partial charge on any atom is -0.490 e. The van der Waals surface area contributed by atoms with Crippen molar-refractivity contribution in [3.05, 3.63) is 107 Å². The van der Waals surface area contributed by atoms with Crippen molar-refractivity contribution in [2.45, 2.75) is 13.8 Å². The molecule has 0 aliphatic heterocycles. The summed E-state index contributed by atoms with van der Waals surface area (Å²) in [4.78, 5) is 12.0. The van der Waals surface area contributed by atoms with Gasteiger partial charge in [0.05, 0.1) is 0 Å². The quantitative estimate of drug-likeness (QED) is 0.284. The first-order valence-electron chi connectivity index (χ1n) is 9.51. The van der Waals surface area contributed by atoms with E-state index >= 15 is 0 Å². The molecule has 0 heterocycles. The Morgan fingerprint density at radius 3 is 1.83 bits per heavy atom. The molecule has 0 amide bonds. The first-order valence-corrected chi connectivity index (χ1v) is 9.51. The van der Waals surface area contributed by atoms with Gasteiger partial charge >= 0.3 is 5.97 Å². The average Bonchev–Trinajstić information content (AvgIpc) is 2.73. The largest absolute Gasteiger partial charge is 0.490 e. The van der Waals surface area contributed by atoms with Crippen molar-refractivity contribution in [1.29, 1.82) is 0 Å². The highest BCUT2D eigenvalue weighted by Crippen LogP contribution is 2.18. The van der Waals surface area contributed by atoms with Crippen molar-refractivity contribution in [3.63, 3.8) is 0 Å². The van der Waals surface area contributed by atoms with E-state index in [2.05, 4.69) is 31.2 Å². The second-order valence-electron chi connectivity index (χ2n) is 6.76. The standard InChI is InChI=1S/C26H24O3/c1-20-5-9-22(10-6-20)4-3-19-28-24-14-16-25(17-15-24)29-26(27)18-13-23-11-7-21(2)8-12-23/h3-18H,19H2,1-2H3/b4-3+,18-13+. The molecule has 3 nitrogen and oxygen atoms in total. The molecule has 0 fully saturated rings. The Kier molecular flexibility index (Phi) is 7.01. The minimum atomic E-state index is -0.416. The van der Waals surface area contributed by atoms with E-state index in [1.807, 2.05) is 43.3 Å². The maximum atomic E-state index is 12.0. The first kappa shape index (κ1) is 20.2. The molecule has 0 unspecified atom stereocenters. The van der Waals surface area contributed by atoms with Gasteiger partial charge in [0.2, 0.25) is 0 Å². The molecule has 0 saturated carbocycles. The summed E-state index contributed by atoms with van der Waals surface area (Å²) < 4.78 is 11.0. The highest BCUT2D eigenvalue weighted by molar-refractivity contribution is 5.88. The van der Waals surface area contributed by atoms with Crippen molar-refractivity contribution < 1.29 is 14.3 Å². The van der Waals surface area contributed by atoms with Crippen molar-refractivity contribution in [2.24, 2.45) is 0 Å². The van der Waals surface area contributed by atoms with E-state index in [0.29, 0.717) is 18.1 Å². The van der Waals surface area contributed by atoms with Crippen LogP contribution in [0, 0.1) is 13.8 Å². The first-order chi connectivity index (χ1) is 14.1. The van der Waals surface area contributed by atoms with Crippen molar-refractivity contribution in [2.75, 3.05) is 6.61 Å². The summed E-state index contributed by atoms with van der Waals surface area (Å²) in [6.45, 7) is 4.56. The molecule has 146 valence electrons. The lowest BCUT2D eigenvalue weighted by atomic mass is 10.1. The van der Waals surface area contributed by atoms with Crippen LogP contribution in [-0.4, -0.2) is 12.6 Å². The van der Waals surface area contributed by atoms with Gasteiger partial charge in [-0.25, -0.2) is 4.79 Å². The third-order valence-electron chi connectivity index (χ3n) is 4.27. The zero-order chi connectivity index (χ0) is 20.5. The molecule has 0 bridgehead atoms. The highest BCUT2D eigenvalue weighted by Gasteiger charge is 2.01. The Labute approximate surface area is 171 Å². The number of hydrogen-bond acceptors (Lipinski definition) is 3. The molecule has 0 aliphatic carbocycles. The maximum absolute atomic E-state index is 12.0. The fourth-order valence-corrected chi connectivity index (χ4v) is 2.60. The highest BCUT2D eigenvalue weighted by atomic mass is 16.5. The summed E-state index contributed by atoms with van der Waals surface area (Å²) in [6, 6.07) is 23.2. The van der Waals surface area contributed by atoms with E-state index in [0.717, 1.165) is 11.1 Å². The fraction of sp³-hybridized carbons (Fsp3) is 0.115. The van der Waals surface area contributed by atoms with Gasteiger partial charge in [0.15, 0.2) is 0 Å². The fourth-order valence-electron chi connectivity index (χ4n) is 2.60. The van der Waals surface area contributed by atoms with Gasteiger partial charge in [-0.1, -0.05) is 65.7 Å². The third kappa shape index (κ3) is 6.82. The number of esters is 1. The molecule has 0 aromatic heterocycles. The number of rotatable bonds is 7. The number of carbonyl (C=O) groups is 1. The summed E-state index contributed by atoms with van der Waals surface area (Å²) >= 11 is 0. The minimum absolute atomic E-state index is 0.416. The van der Waals surface area contributed by atoms with Crippen LogP contribution in [-0.2, 0) is 4.79 Å². The van der Waals surface area contributed by atoms with Crippen LogP contribution in [0.5, 0.6) is 11.5 Å². The molecule has 3 aromatic carbocycles. The van der Waals surface area contributed by atoms with Crippen LogP contribution < -0.4 is 9.47 Å². The smallest absolute Gasteiger partial charge is 0.336 e. The Morgan fingerprint density at radius 2 is 1.24 bits per heavy atom. The Bertz CT molecular complexity index is 980. The van der Waals surface area contributed by atoms with Gasteiger partial charge in [-0.05, 0) is 61.4 Å². The van der Waals surface area contributed by atoms with Crippen molar-refractivity contribution in [3.8, 4) is 11.5 Å². The molecular weight excluding hydrogens is 360 g/mol. The van der Waals surface area contributed by atoms with E-state index in [9.17, 15) is 4.79 Å². The van der Waals surface area contributed by atoms with E-state index in [4.69, 9.17) is 9.47 Å². The van der Waals surface area contributed by atoms with Gasteiger partial charge in [0, 0.05) is 6.08 Å². The van der Waals surface area contributed by atoms with Gasteiger partial charge < -0.3 is 9.47 Å². The monoisotopic (exact) mass is 384 g/mol. The summed E-state index contributed by atoms with van der Waals surface area (Å²) in [5, 5.41) is 0. The SMILES string of the molecule is Cc1ccc(/C=C/COc2ccc(OC(=O)/C=C/c3ccc(C)cc3)cc2)cc1. The Morgan fingerprint density at radius 1 is 0.724 bits per heavy atom. The van der Waals surface area contributed by atoms with Crippen LogP contribution in [0.3, 0.4) is 0 Å². The van der Waals surface area contributed by atoms with E-state index in [1.54, 1.807) is 30.3 Å². The molecule has 3 heteroatoms. The van der Waals surface area contributed by atoms with E-state index in [1.165, 1.54) is 17.2 Å². The summed E-state index contributed by atoms with van der Waals surface area (Å²) in [7, 11) is 0. The molecule has 3 rings (SSSR count). The summed E-state index contributed by atoms with van der Waals surface area (Å²) in [5.74, 6) is 0.778. The topological polar surface area (TPSA) is 35.5 Å². The lowest BCUT2D eigenvalue weighted by Gasteiger charge is -2.05. The van der Waals surface area contributed by atoms with Crippen molar-refractivity contribution in [1.82, 2.24) is 0 Å². The van der Waals surface area contributed by atoms with Crippen LogP contribution in [0.25, 0.3) is 12.2 Å². The maximum Gasteiger partial charge on any atom is 0.336 e. The molecule has 29 heavy (non-hydrogen) atoms. The zero-order valence-corrected chi connectivity index (χ0v) is 16.7. The van der Waals surface area contributed by atoms with Gasteiger partial charge in [0.25, 0.3) is 0 Å². The molecule has 0 saturated heterocycles. The van der Waals surface area contributed by atoms with E-state index < -0.39 is 5.97 Å². The number of hydrogen-bond donors (Lipinski definition) is 0. The average molecular weight is 384 g/mol. The van der Waals surface area contributed by atoms with Crippen LogP contribution in [0.4, 0.5) is 0 Å². The predicted molar refractivity (Wildman–Crippen MR) is 118 cm³/mol. The van der Waals surface area contributed by atoms with E-state index in [-0.39, 0.29) is 0 Å². The summed E-state index contributed by atoms with van der Waals surface area (Å²) in [6.07, 6.45) is 7.15. The lowest BCUT2D eigenvalue weighted by Crippen LogP contribution is -2.03. The van der Waals surface area contributed by atoms with Gasteiger partial charge in [-0.3, -0.25) is 0 Å². The van der Waals surface area contributed by atoms with Crippen molar-refractivity contribution >= 4 is 18.1 Å². The molecule has 0 atom stereocenters. The number of ether oxygens (including phenoxy) is 2. The summed E-state index contributed by atoms with van der Waals surface area (Å²) in [5.41, 5.74) is 4.51. The Hall–Kier alpha value is -3.59. The molecule has 0 spiro atoms. The number of carbonyl (C=O) groups excluding carboxylic acids is 1. The second kappa shape index (κ2) is 10.1. The number of benzene rings is 3. The van der Waals surface area contributed by atoms with Gasteiger partial charge in [-0.2, -0.15) is 0 Å². The third-order valence-corrected chi connectivity index (χ3v) is 4.27. The molecule has 0 radical (unpaired) electrons.